The van der Waals surface area contributed by atoms with Crippen LogP contribution in [-0.2, 0) is 11.3 Å². The third-order valence-electron chi connectivity index (χ3n) is 3.43. The minimum absolute atomic E-state index is 0.0155. The molecule has 2 aromatic carbocycles. The van der Waals surface area contributed by atoms with Gasteiger partial charge in [-0.2, -0.15) is 4.80 Å². The molecule has 7 heteroatoms. The molecule has 3 aromatic rings. The standard InChI is InChI=1S/C17H17N5OS/c1-12-7-9-13(10-8-12)17-19-21-22(20-17)11-16(23)18-14-5-3-4-6-15(14)24-2/h3-10H,11H2,1-2H3,(H,18,23). The summed E-state index contributed by atoms with van der Waals surface area (Å²) in [5.41, 5.74) is 2.83. The molecule has 1 aromatic heterocycles. The molecule has 0 fully saturated rings. The van der Waals surface area contributed by atoms with Crippen molar-refractivity contribution in [2.24, 2.45) is 0 Å². The number of hydrogen-bond donors (Lipinski definition) is 1. The van der Waals surface area contributed by atoms with Crippen molar-refractivity contribution in [3.63, 3.8) is 0 Å². The topological polar surface area (TPSA) is 72.7 Å². The van der Waals surface area contributed by atoms with Crippen LogP contribution in [0.25, 0.3) is 11.4 Å². The van der Waals surface area contributed by atoms with E-state index in [1.807, 2.05) is 61.7 Å². The van der Waals surface area contributed by atoms with Gasteiger partial charge in [0.2, 0.25) is 11.7 Å². The maximum atomic E-state index is 12.2. The first-order valence-corrected chi connectivity index (χ1v) is 8.66. The van der Waals surface area contributed by atoms with E-state index in [4.69, 9.17) is 0 Å². The van der Waals surface area contributed by atoms with Crippen LogP contribution in [0.4, 0.5) is 5.69 Å². The van der Waals surface area contributed by atoms with Crippen LogP contribution >= 0.6 is 11.8 Å². The Kier molecular flexibility index (Phi) is 4.90. The van der Waals surface area contributed by atoms with Crippen molar-refractivity contribution in [1.82, 2.24) is 20.2 Å². The number of tetrazole rings is 1. The molecule has 1 N–H and O–H groups in total. The Morgan fingerprint density at radius 1 is 1.17 bits per heavy atom. The second kappa shape index (κ2) is 7.27. The fraction of sp³-hybridized carbons (Fsp3) is 0.176. The van der Waals surface area contributed by atoms with Crippen LogP contribution < -0.4 is 5.32 Å². The third-order valence-corrected chi connectivity index (χ3v) is 4.22. The third kappa shape index (κ3) is 3.80. The summed E-state index contributed by atoms with van der Waals surface area (Å²) in [6.45, 7) is 2.03. The fourth-order valence-electron chi connectivity index (χ4n) is 2.19. The lowest BCUT2D eigenvalue weighted by molar-refractivity contribution is -0.117. The Bertz CT molecular complexity index is 844. The van der Waals surface area contributed by atoms with Crippen LogP contribution in [0.2, 0.25) is 0 Å². The second-order valence-electron chi connectivity index (χ2n) is 5.26. The van der Waals surface area contributed by atoms with E-state index >= 15 is 0 Å². The molecule has 0 radical (unpaired) electrons. The predicted octanol–water partition coefficient (Wildman–Crippen LogP) is 3.01. The van der Waals surface area contributed by atoms with E-state index in [0.29, 0.717) is 5.82 Å². The molecule has 0 atom stereocenters. The van der Waals surface area contributed by atoms with E-state index in [2.05, 4.69) is 20.7 Å². The maximum absolute atomic E-state index is 12.2. The van der Waals surface area contributed by atoms with Crippen LogP contribution in [-0.4, -0.2) is 32.4 Å². The first kappa shape index (κ1) is 16.2. The number of anilines is 1. The number of aryl methyl sites for hydroxylation is 1. The summed E-state index contributed by atoms with van der Waals surface area (Å²) in [4.78, 5) is 14.5. The largest absolute Gasteiger partial charge is 0.323 e. The average molecular weight is 339 g/mol. The average Bonchev–Trinajstić information content (AvgIpc) is 3.04. The first-order valence-electron chi connectivity index (χ1n) is 7.43. The van der Waals surface area contributed by atoms with E-state index in [1.54, 1.807) is 11.8 Å². The molecule has 3 rings (SSSR count). The summed E-state index contributed by atoms with van der Waals surface area (Å²) in [5, 5.41) is 15.1. The minimum Gasteiger partial charge on any atom is -0.323 e. The van der Waals surface area contributed by atoms with E-state index in [0.717, 1.165) is 21.7 Å². The monoisotopic (exact) mass is 339 g/mol. The van der Waals surface area contributed by atoms with Crippen molar-refractivity contribution in [2.75, 3.05) is 11.6 Å². The molecule has 0 unspecified atom stereocenters. The summed E-state index contributed by atoms with van der Waals surface area (Å²) < 4.78 is 0. The van der Waals surface area contributed by atoms with Gasteiger partial charge in [0, 0.05) is 10.5 Å². The van der Waals surface area contributed by atoms with E-state index in [-0.39, 0.29) is 12.5 Å². The van der Waals surface area contributed by atoms with E-state index in [1.165, 1.54) is 4.80 Å². The number of para-hydroxylation sites is 1. The van der Waals surface area contributed by atoms with Crippen LogP contribution in [0.1, 0.15) is 5.56 Å². The maximum Gasteiger partial charge on any atom is 0.248 e. The molecule has 1 amide bonds. The lowest BCUT2D eigenvalue weighted by Gasteiger charge is -2.08. The molecule has 6 nitrogen and oxygen atoms in total. The summed E-state index contributed by atoms with van der Waals surface area (Å²) in [6, 6.07) is 15.5. The zero-order valence-corrected chi connectivity index (χ0v) is 14.2. The Morgan fingerprint density at radius 3 is 2.67 bits per heavy atom. The molecule has 0 spiro atoms. The van der Waals surface area contributed by atoms with Gasteiger partial charge in [0.15, 0.2) is 0 Å². The van der Waals surface area contributed by atoms with Crippen molar-refractivity contribution in [3.8, 4) is 11.4 Å². The number of rotatable bonds is 5. The Hall–Kier alpha value is -2.67. The van der Waals surface area contributed by atoms with Gasteiger partial charge in [0.25, 0.3) is 0 Å². The summed E-state index contributed by atoms with van der Waals surface area (Å²) in [7, 11) is 0. The number of carbonyl (C=O) groups is 1. The number of nitrogens with one attached hydrogen (secondary N) is 1. The molecular weight excluding hydrogens is 322 g/mol. The van der Waals surface area contributed by atoms with Gasteiger partial charge in [-0.1, -0.05) is 42.0 Å². The van der Waals surface area contributed by atoms with Gasteiger partial charge in [-0.3, -0.25) is 4.79 Å². The van der Waals surface area contributed by atoms with E-state index in [9.17, 15) is 4.79 Å². The summed E-state index contributed by atoms with van der Waals surface area (Å²) >= 11 is 1.58. The van der Waals surface area contributed by atoms with Crippen LogP contribution in [0.15, 0.2) is 53.4 Å². The van der Waals surface area contributed by atoms with Crippen molar-refractivity contribution >= 4 is 23.4 Å². The Balaban J connectivity index is 1.68. The molecule has 0 saturated carbocycles. The van der Waals surface area contributed by atoms with Crippen LogP contribution in [0.5, 0.6) is 0 Å². The highest BCUT2D eigenvalue weighted by Crippen LogP contribution is 2.24. The number of hydrogen-bond acceptors (Lipinski definition) is 5. The number of amides is 1. The predicted molar refractivity (Wildman–Crippen MR) is 94.8 cm³/mol. The van der Waals surface area contributed by atoms with Crippen molar-refractivity contribution in [3.05, 3.63) is 54.1 Å². The Labute approximate surface area is 144 Å². The summed E-state index contributed by atoms with van der Waals surface area (Å²) in [5.74, 6) is 0.316. The molecule has 122 valence electrons. The molecule has 0 aliphatic carbocycles. The lowest BCUT2D eigenvalue weighted by Crippen LogP contribution is -2.20. The molecule has 24 heavy (non-hydrogen) atoms. The van der Waals surface area contributed by atoms with E-state index < -0.39 is 0 Å². The molecule has 0 bridgehead atoms. The zero-order chi connectivity index (χ0) is 16.9. The van der Waals surface area contributed by atoms with Crippen LogP contribution in [0.3, 0.4) is 0 Å². The van der Waals surface area contributed by atoms with Gasteiger partial charge in [-0.25, -0.2) is 0 Å². The van der Waals surface area contributed by atoms with Crippen LogP contribution in [0, 0.1) is 6.92 Å². The zero-order valence-electron chi connectivity index (χ0n) is 13.4. The van der Waals surface area contributed by atoms with Gasteiger partial charge in [-0.15, -0.1) is 22.0 Å². The minimum atomic E-state index is -0.190. The molecule has 0 aliphatic rings. The van der Waals surface area contributed by atoms with Gasteiger partial charge in [0.05, 0.1) is 5.69 Å². The second-order valence-corrected chi connectivity index (χ2v) is 6.11. The number of thioether (sulfide) groups is 1. The molecule has 1 heterocycles. The van der Waals surface area contributed by atoms with Gasteiger partial charge in [-0.05, 0) is 30.5 Å². The lowest BCUT2D eigenvalue weighted by atomic mass is 10.1. The number of aromatic nitrogens is 4. The number of nitrogens with zero attached hydrogens (tertiary/aromatic N) is 4. The Morgan fingerprint density at radius 2 is 1.92 bits per heavy atom. The highest BCUT2D eigenvalue weighted by Gasteiger charge is 2.10. The first-order chi connectivity index (χ1) is 11.7. The van der Waals surface area contributed by atoms with Crippen molar-refractivity contribution in [2.45, 2.75) is 18.4 Å². The normalized spacial score (nSPS) is 10.6. The smallest absolute Gasteiger partial charge is 0.248 e. The fourth-order valence-corrected chi connectivity index (χ4v) is 2.75. The number of carbonyl (C=O) groups excluding carboxylic acids is 1. The molecule has 0 aliphatic heterocycles. The van der Waals surface area contributed by atoms with Gasteiger partial charge in [0.1, 0.15) is 6.54 Å². The SMILES string of the molecule is CSc1ccccc1NC(=O)Cn1nnc(-c2ccc(C)cc2)n1. The summed E-state index contributed by atoms with van der Waals surface area (Å²) in [6.07, 6.45) is 1.97. The molecular formula is C17H17N5OS. The molecule has 0 saturated heterocycles. The van der Waals surface area contributed by atoms with Gasteiger partial charge < -0.3 is 5.32 Å². The highest BCUT2D eigenvalue weighted by molar-refractivity contribution is 7.98. The van der Waals surface area contributed by atoms with Crippen molar-refractivity contribution in [1.29, 1.82) is 0 Å². The van der Waals surface area contributed by atoms with Gasteiger partial charge >= 0.3 is 0 Å². The van der Waals surface area contributed by atoms with Crippen molar-refractivity contribution < 1.29 is 4.79 Å². The highest BCUT2D eigenvalue weighted by atomic mass is 32.2. The number of benzene rings is 2. The quantitative estimate of drug-likeness (QED) is 0.724.